The van der Waals surface area contributed by atoms with Crippen molar-refractivity contribution < 1.29 is 28.6 Å². The van der Waals surface area contributed by atoms with Crippen LogP contribution in [0.15, 0.2) is 42.5 Å². The van der Waals surface area contributed by atoms with Crippen molar-refractivity contribution in [1.82, 2.24) is 15.1 Å². The van der Waals surface area contributed by atoms with Crippen molar-refractivity contribution in [2.45, 2.75) is 12.8 Å². The number of hydrogen-bond acceptors (Lipinski definition) is 5. The van der Waals surface area contributed by atoms with Crippen molar-refractivity contribution in [3.63, 3.8) is 0 Å². The SMILES string of the molecule is COc1cccc(C(=O)N2CCC(C(=O)Nc3n[nH]c4c(F)cccc34)CC2)c1.O=CO. The fourth-order valence-corrected chi connectivity index (χ4v) is 3.60. The van der Waals surface area contributed by atoms with Gasteiger partial charge in [-0.05, 0) is 43.2 Å². The summed E-state index contributed by atoms with van der Waals surface area (Å²) in [6.07, 6.45) is 1.11. The van der Waals surface area contributed by atoms with Gasteiger partial charge in [-0.1, -0.05) is 12.1 Å². The highest BCUT2D eigenvalue weighted by Gasteiger charge is 2.28. The molecule has 2 aromatic carbocycles. The second-order valence-electron chi connectivity index (χ2n) is 7.13. The van der Waals surface area contributed by atoms with E-state index in [4.69, 9.17) is 14.6 Å². The summed E-state index contributed by atoms with van der Waals surface area (Å²) in [5.41, 5.74) is 0.832. The van der Waals surface area contributed by atoms with E-state index in [0.29, 0.717) is 48.4 Å². The van der Waals surface area contributed by atoms with E-state index in [-0.39, 0.29) is 29.7 Å². The standard InChI is InChI=1S/C21H21FN4O3.CH2O2/c1-29-15-5-2-4-14(12-15)21(28)26-10-8-13(9-11-26)20(27)23-19-16-6-3-7-17(22)18(16)24-25-19;2-1-3/h2-7,12-13H,8-11H2,1H3,(H2,23,24,25,27);1H,(H,2,3). The summed E-state index contributed by atoms with van der Waals surface area (Å²) >= 11 is 0. The molecular weight excluding hydrogens is 419 g/mol. The van der Waals surface area contributed by atoms with Gasteiger partial charge in [0.1, 0.15) is 17.1 Å². The van der Waals surface area contributed by atoms with Crippen LogP contribution in [0.1, 0.15) is 23.2 Å². The lowest BCUT2D eigenvalue weighted by Gasteiger charge is -2.31. The molecule has 0 unspecified atom stereocenters. The number of methoxy groups -OCH3 is 1. The molecule has 9 nitrogen and oxygen atoms in total. The molecule has 1 saturated heterocycles. The van der Waals surface area contributed by atoms with Crippen LogP contribution in [0.25, 0.3) is 10.9 Å². The molecule has 0 bridgehead atoms. The number of likely N-dealkylation sites (tertiary alicyclic amines) is 1. The maximum Gasteiger partial charge on any atom is 0.290 e. The Bertz CT molecular complexity index is 1110. The number of benzene rings is 2. The number of nitrogens with zero attached hydrogens (tertiary/aromatic N) is 2. The molecule has 0 saturated carbocycles. The second-order valence-corrected chi connectivity index (χ2v) is 7.13. The van der Waals surface area contributed by atoms with Gasteiger partial charge in [-0.25, -0.2) is 4.39 Å². The molecule has 1 aromatic heterocycles. The molecule has 1 fully saturated rings. The van der Waals surface area contributed by atoms with Crippen LogP contribution in [0.4, 0.5) is 10.2 Å². The number of carbonyl (C=O) groups excluding carboxylic acids is 2. The zero-order chi connectivity index (χ0) is 23.1. The topological polar surface area (TPSA) is 125 Å². The molecule has 1 aliphatic heterocycles. The van der Waals surface area contributed by atoms with E-state index in [1.54, 1.807) is 48.4 Å². The van der Waals surface area contributed by atoms with E-state index in [1.165, 1.54) is 6.07 Å². The summed E-state index contributed by atoms with van der Waals surface area (Å²) in [5.74, 6) is 0.0596. The van der Waals surface area contributed by atoms with Gasteiger partial charge in [-0.15, -0.1) is 0 Å². The average Bonchev–Trinajstić information content (AvgIpc) is 3.23. The van der Waals surface area contributed by atoms with Crippen LogP contribution in [-0.4, -0.2) is 58.7 Å². The number of piperidine rings is 1. The Morgan fingerprint density at radius 2 is 1.94 bits per heavy atom. The lowest BCUT2D eigenvalue weighted by atomic mass is 9.95. The summed E-state index contributed by atoms with van der Waals surface area (Å²) in [4.78, 5) is 35.5. The summed E-state index contributed by atoms with van der Waals surface area (Å²) in [7, 11) is 1.56. The highest BCUT2D eigenvalue weighted by molar-refractivity contribution is 6.00. The molecule has 0 spiro atoms. The molecule has 3 N–H and O–H groups in total. The zero-order valence-electron chi connectivity index (χ0n) is 17.4. The van der Waals surface area contributed by atoms with Gasteiger partial charge >= 0.3 is 0 Å². The average molecular weight is 442 g/mol. The maximum absolute atomic E-state index is 13.8. The van der Waals surface area contributed by atoms with Crippen molar-refractivity contribution >= 4 is 35.0 Å². The molecule has 4 rings (SSSR count). The van der Waals surface area contributed by atoms with E-state index in [0.717, 1.165) is 0 Å². The fourth-order valence-electron chi connectivity index (χ4n) is 3.60. The number of carbonyl (C=O) groups is 3. The Hall–Kier alpha value is -3.95. The predicted octanol–water partition coefficient (Wildman–Crippen LogP) is 2.90. The third-order valence-corrected chi connectivity index (χ3v) is 5.26. The molecule has 2 amide bonds. The van der Waals surface area contributed by atoms with Crippen LogP contribution in [-0.2, 0) is 9.59 Å². The number of ether oxygens (including phenoxy) is 1. The van der Waals surface area contributed by atoms with Gasteiger partial charge in [-0.2, -0.15) is 5.10 Å². The minimum absolute atomic E-state index is 0.0727. The van der Waals surface area contributed by atoms with E-state index in [9.17, 15) is 14.0 Å². The quantitative estimate of drug-likeness (QED) is 0.534. The Labute approximate surface area is 183 Å². The monoisotopic (exact) mass is 442 g/mol. The van der Waals surface area contributed by atoms with Gasteiger partial charge in [-0.3, -0.25) is 19.5 Å². The van der Waals surface area contributed by atoms with Gasteiger partial charge in [0.2, 0.25) is 5.91 Å². The van der Waals surface area contributed by atoms with Gasteiger partial charge in [0.15, 0.2) is 5.82 Å². The molecule has 1 aliphatic rings. The molecular formula is C22H23FN4O5. The number of rotatable bonds is 4. The Morgan fingerprint density at radius 1 is 1.25 bits per heavy atom. The van der Waals surface area contributed by atoms with Crippen molar-refractivity contribution in [2.24, 2.45) is 5.92 Å². The number of nitrogens with one attached hydrogen (secondary N) is 2. The highest BCUT2D eigenvalue weighted by Crippen LogP contribution is 2.25. The van der Waals surface area contributed by atoms with E-state index in [1.807, 2.05) is 0 Å². The summed E-state index contributed by atoms with van der Waals surface area (Å²) in [5, 5.41) is 16.8. The minimum atomic E-state index is -0.417. The van der Waals surface area contributed by atoms with Crippen molar-refractivity contribution in [3.05, 3.63) is 53.8 Å². The largest absolute Gasteiger partial charge is 0.497 e. The van der Waals surface area contributed by atoms with Gasteiger partial charge in [0, 0.05) is 30.0 Å². The number of hydrogen-bond donors (Lipinski definition) is 3. The predicted molar refractivity (Wildman–Crippen MR) is 115 cm³/mol. The smallest absolute Gasteiger partial charge is 0.290 e. The number of aromatic amines is 1. The lowest BCUT2D eigenvalue weighted by molar-refractivity contribution is -0.123. The third-order valence-electron chi connectivity index (χ3n) is 5.26. The van der Waals surface area contributed by atoms with Crippen LogP contribution in [0.5, 0.6) is 5.75 Å². The van der Waals surface area contributed by atoms with Crippen LogP contribution >= 0.6 is 0 Å². The zero-order valence-corrected chi connectivity index (χ0v) is 17.4. The summed E-state index contributed by atoms with van der Waals surface area (Å²) in [6.45, 7) is 0.730. The van der Waals surface area contributed by atoms with E-state index >= 15 is 0 Å². The number of aromatic nitrogens is 2. The van der Waals surface area contributed by atoms with Crippen LogP contribution in [0.2, 0.25) is 0 Å². The van der Waals surface area contributed by atoms with E-state index in [2.05, 4.69) is 15.5 Å². The number of H-pyrrole nitrogens is 1. The first-order valence-electron chi connectivity index (χ1n) is 9.93. The highest BCUT2D eigenvalue weighted by atomic mass is 19.1. The normalized spacial score (nSPS) is 13.8. The Kier molecular flexibility index (Phi) is 7.37. The van der Waals surface area contributed by atoms with Crippen LogP contribution in [0, 0.1) is 11.7 Å². The molecule has 0 aliphatic carbocycles. The lowest BCUT2D eigenvalue weighted by Crippen LogP contribution is -2.41. The number of anilines is 1. The van der Waals surface area contributed by atoms with Gasteiger partial charge < -0.3 is 20.1 Å². The minimum Gasteiger partial charge on any atom is -0.497 e. The van der Waals surface area contributed by atoms with E-state index < -0.39 is 5.82 Å². The first kappa shape index (κ1) is 22.7. The first-order chi connectivity index (χ1) is 15.5. The summed E-state index contributed by atoms with van der Waals surface area (Å²) < 4.78 is 18.9. The van der Waals surface area contributed by atoms with Crippen molar-refractivity contribution in [2.75, 3.05) is 25.5 Å². The van der Waals surface area contributed by atoms with Gasteiger partial charge in [0.05, 0.1) is 7.11 Å². The molecule has 10 heteroatoms. The summed E-state index contributed by atoms with van der Waals surface area (Å²) in [6, 6.07) is 11.6. The van der Waals surface area contributed by atoms with Crippen molar-refractivity contribution in [1.29, 1.82) is 0 Å². The number of halogens is 1. The number of para-hydroxylation sites is 1. The third kappa shape index (κ3) is 5.02. The number of carboxylic acid groups (broad SMARTS) is 1. The van der Waals surface area contributed by atoms with Crippen molar-refractivity contribution in [3.8, 4) is 5.75 Å². The molecule has 168 valence electrons. The molecule has 0 radical (unpaired) electrons. The fraction of sp³-hybridized carbons (Fsp3) is 0.273. The Balaban J connectivity index is 0.000000913. The maximum atomic E-state index is 13.8. The number of fused-ring (bicyclic) bond motifs is 1. The number of amides is 2. The van der Waals surface area contributed by atoms with Gasteiger partial charge in [0.25, 0.3) is 12.4 Å². The van der Waals surface area contributed by atoms with Crippen LogP contribution in [0.3, 0.4) is 0 Å². The first-order valence-corrected chi connectivity index (χ1v) is 9.93. The molecule has 2 heterocycles. The Morgan fingerprint density at radius 3 is 2.62 bits per heavy atom. The second kappa shape index (κ2) is 10.4. The van der Waals surface area contributed by atoms with Crippen LogP contribution < -0.4 is 10.1 Å². The molecule has 0 atom stereocenters. The molecule has 3 aromatic rings. The molecule has 32 heavy (non-hydrogen) atoms.